The maximum Gasteiger partial charge on any atom is 0.315 e. The van der Waals surface area contributed by atoms with Crippen molar-refractivity contribution in [3.05, 3.63) is 88.6 Å². The molecule has 0 aliphatic carbocycles. The smallest absolute Gasteiger partial charge is 0.315 e. The average molecular weight is 906 g/mol. The van der Waals surface area contributed by atoms with Gasteiger partial charge in [0.15, 0.2) is 33.3 Å². The molecule has 0 radical (unpaired) electrons. The molecule has 0 rings (SSSR count). The zero-order valence-electron chi connectivity index (χ0n) is 37.8. The molecule has 0 bridgehead atoms. The molecule has 2 unspecified atom stereocenters. The van der Waals surface area contributed by atoms with Crippen LogP contribution >= 0.6 is 0 Å². The van der Waals surface area contributed by atoms with E-state index < -0.39 is 76.5 Å². The summed E-state index contributed by atoms with van der Waals surface area (Å²) in [5, 5.41) is 0. The molecule has 0 saturated heterocycles. The van der Waals surface area contributed by atoms with Crippen LogP contribution in [-0.4, -0.2) is 76.5 Å². The molecule has 0 aromatic carbocycles. The van der Waals surface area contributed by atoms with Gasteiger partial charge in [0.2, 0.25) is 0 Å². The molecular formula is C40H92O5Si9. The van der Waals surface area contributed by atoms with Gasteiger partial charge in [0.25, 0.3) is 18.6 Å². The number of hydrogen-bond donors (Lipinski definition) is 0. The Morgan fingerprint density at radius 3 is 0.889 bits per heavy atom. The second-order valence-corrected chi connectivity index (χ2v) is 54.5. The summed E-state index contributed by atoms with van der Waals surface area (Å²) in [5.41, 5.74) is 0. The van der Waals surface area contributed by atoms with E-state index in [2.05, 4.69) is 162 Å². The molecule has 2 atom stereocenters. The second-order valence-electron chi connectivity index (χ2n) is 18.6. The Morgan fingerprint density at radius 1 is 0.389 bits per heavy atom. The minimum absolute atomic E-state index is 0. The molecule has 318 valence electrons. The van der Waals surface area contributed by atoms with Crippen molar-refractivity contribution < 1.29 is 20.6 Å². The maximum absolute atomic E-state index is 6.69. The van der Waals surface area contributed by atoms with Crippen LogP contribution < -0.4 is 0 Å². The minimum atomic E-state index is -2.25. The number of hydrogen-bond acceptors (Lipinski definition) is 5. The first-order valence-electron chi connectivity index (χ1n) is 19.7. The molecule has 0 spiro atoms. The first kappa shape index (κ1) is 60.6. The van der Waals surface area contributed by atoms with Gasteiger partial charge in [-0.2, -0.15) is 0 Å². The monoisotopic (exact) mass is 904 g/mol. The van der Waals surface area contributed by atoms with Crippen molar-refractivity contribution in [2.75, 3.05) is 0 Å². The van der Waals surface area contributed by atoms with Crippen LogP contribution in [0.4, 0.5) is 0 Å². The third kappa shape index (κ3) is 35.1. The molecule has 0 heterocycles. The van der Waals surface area contributed by atoms with Crippen molar-refractivity contribution in [1.82, 2.24) is 0 Å². The van der Waals surface area contributed by atoms with E-state index in [0.717, 1.165) is 54.8 Å². The van der Waals surface area contributed by atoms with Gasteiger partial charge in [0.1, 0.15) is 0 Å². The van der Waals surface area contributed by atoms with Gasteiger partial charge < -0.3 is 20.6 Å². The third-order valence-electron chi connectivity index (χ3n) is 7.88. The van der Waals surface area contributed by atoms with Gasteiger partial charge in [-0.3, -0.25) is 0 Å². The predicted molar refractivity (Wildman–Crippen MR) is 274 cm³/mol. The Morgan fingerprint density at radius 2 is 0.648 bits per heavy atom. The van der Waals surface area contributed by atoms with Crippen molar-refractivity contribution in [3.63, 3.8) is 0 Å². The van der Waals surface area contributed by atoms with Crippen molar-refractivity contribution in [1.29, 1.82) is 0 Å². The summed E-state index contributed by atoms with van der Waals surface area (Å²) < 4.78 is 31.4. The zero-order valence-corrected chi connectivity index (χ0v) is 47.1. The van der Waals surface area contributed by atoms with Crippen LogP contribution in [0.2, 0.25) is 153 Å². The van der Waals surface area contributed by atoms with Gasteiger partial charge in [-0.05, 0) is 147 Å². The van der Waals surface area contributed by atoms with E-state index in [-0.39, 0.29) is 7.43 Å². The van der Waals surface area contributed by atoms with E-state index in [9.17, 15) is 0 Å². The highest BCUT2D eigenvalue weighted by atomic mass is 28.5. The van der Waals surface area contributed by atoms with E-state index in [1.165, 1.54) is 6.04 Å². The highest BCUT2D eigenvalue weighted by Gasteiger charge is 2.40. The molecule has 0 aromatic heterocycles. The van der Waals surface area contributed by atoms with Crippen molar-refractivity contribution in [3.8, 4) is 0 Å². The Labute approximate surface area is 350 Å². The lowest BCUT2D eigenvalue weighted by Crippen LogP contribution is -2.52. The summed E-state index contributed by atoms with van der Waals surface area (Å²) in [5.74, 6) is 0. The van der Waals surface area contributed by atoms with E-state index in [0.29, 0.717) is 0 Å². The lowest BCUT2D eigenvalue weighted by molar-refractivity contribution is 0.343. The van der Waals surface area contributed by atoms with Gasteiger partial charge in [-0.25, -0.2) is 0 Å². The number of rotatable bonds is 28. The third-order valence-corrected chi connectivity index (χ3v) is 38.6. The first-order chi connectivity index (χ1) is 24.0. The fourth-order valence-corrected chi connectivity index (χ4v) is 37.9. The van der Waals surface area contributed by atoms with Gasteiger partial charge in [0, 0.05) is 0 Å². The van der Waals surface area contributed by atoms with Crippen molar-refractivity contribution >= 4 is 76.5 Å². The molecule has 0 N–H and O–H groups in total. The van der Waals surface area contributed by atoms with E-state index in [4.69, 9.17) is 20.6 Å². The largest absolute Gasteiger partial charge is 0.439 e. The van der Waals surface area contributed by atoms with Crippen LogP contribution in [-0.2, 0) is 20.6 Å². The van der Waals surface area contributed by atoms with Gasteiger partial charge in [-0.1, -0.05) is 62.4 Å². The average Bonchev–Trinajstić information content (AvgIpc) is 2.90. The zero-order chi connectivity index (χ0) is 42.2. The summed E-state index contributed by atoms with van der Waals surface area (Å²) in [6.45, 7) is 60.7. The summed E-state index contributed by atoms with van der Waals surface area (Å²) in [7, 11) is -14.0. The SMILES string of the molecule is C.C=CC[Si](CC=C)(CC=C)CC=C.C=CC[Si](CC=C)(CC=C)CCC[Si](C)(O[SiH](C)O[Si](C)(C)C)O[Si](C)(C)C.C[SiH](O[Si](C)(C)C)O[Si](C)(C)C. The molecule has 0 aliphatic rings. The van der Waals surface area contributed by atoms with E-state index >= 15 is 0 Å². The number of allylic oxidation sites excluding steroid dienone is 7. The lowest BCUT2D eigenvalue weighted by atomic mass is 10.6. The fourth-order valence-electron chi connectivity index (χ4n) is 6.66. The topological polar surface area (TPSA) is 46.2 Å². The van der Waals surface area contributed by atoms with Crippen LogP contribution in [0.1, 0.15) is 13.8 Å². The molecule has 14 heteroatoms. The Balaban J connectivity index is -0.000000398. The second kappa shape index (κ2) is 29.2. The van der Waals surface area contributed by atoms with Crippen LogP contribution in [0, 0.1) is 0 Å². The van der Waals surface area contributed by atoms with Crippen LogP contribution in [0.5, 0.6) is 0 Å². The molecular weight excluding hydrogens is 813 g/mol. The Hall–Kier alpha value is -0.0681. The molecule has 54 heavy (non-hydrogen) atoms. The minimum Gasteiger partial charge on any atom is -0.439 e. The molecule has 0 amide bonds. The van der Waals surface area contributed by atoms with Gasteiger partial charge >= 0.3 is 8.56 Å². The first-order valence-corrected chi connectivity index (χ1v) is 45.7. The fraction of sp³-hybridized carbons (Fsp3) is 0.650. The van der Waals surface area contributed by atoms with E-state index in [1.54, 1.807) is 0 Å². The van der Waals surface area contributed by atoms with E-state index in [1.807, 2.05) is 24.3 Å². The van der Waals surface area contributed by atoms with Crippen molar-refractivity contribution in [2.24, 2.45) is 0 Å². The molecule has 5 nitrogen and oxygen atoms in total. The van der Waals surface area contributed by atoms with Crippen LogP contribution in [0.3, 0.4) is 0 Å². The maximum atomic E-state index is 6.69. The molecule has 0 saturated carbocycles. The molecule has 0 aromatic rings. The van der Waals surface area contributed by atoms with Gasteiger partial charge in [0.05, 0.1) is 16.1 Å². The quantitative estimate of drug-likeness (QED) is 0.0578. The summed E-state index contributed by atoms with van der Waals surface area (Å²) >= 11 is 0. The Bertz CT molecular complexity index is 988. The lowest BCUT2D eigenvalue weighted by Gasteiger charge is -2.38. The summed E-state index contributed by atoms with van der Waals surface area (Å²) in [6, 6.07) is 10.2. The predicted octanol–water partition coefficient (Wildman–Crippen LogP) is 14.4. The summed E-state index contributed by atoms with van der Waals surface area (Å²) in [4.78, 5) is 0. The molecule has 0 fully saturated rings. The van der Waals surface area contributed by atoms with Crippen molar-refractivity contribution in [2.45, 2.75) is 166 Å². The normalized spacial score (nSPS) is 14.1. The Kier molecular flexibility index (Phi) is 32.8. The van der Waals surface area contributed by atoms with Gasteiger partial charge in [-0.15, -0.1) is 46.1 Å². The van der Waals surface area contributed by atoms with Crippen LogP contribution in [0.15, 0.2) is 88.6 Å². The standard InChI is InChI=1S/C20H46O3Si5.C12H20Si.C7H22O2Si3.CH4/c1-12-16-28(17-13-2,18-14-3)20-15-19-27(11,23-26(8,9)10)22-24(4)21-25(5,6)7;1-5-9-13(10-6-2,11-7-3)12-8-4;1-10(8-11(2,3)4)9-12(5,6)7;/h12-14,24H,1-3,15-20H2,4-11H3;5-8H,1-4,9-12H2;10H,1-7H3;1H4. The molecule has 0 aliphatic heterocycles. The highest BCUT2D eigenvalue weighted by Crippen LogP contribution is 2.33. The highest BCUT2D eigenvalue weighted by molar-refractivity contribution is 6.86. The summed E-state index contributed by atoms with van der Waals surface area (Å²) in [6.07, 6.45) is 15.6. The van der Waals surface area contributed by atoms with Crippen LogP contribution in [0.25, 0.3) is 0 Å².